The first-order valence-electron chi connectivity index (χ1n) is 10.6. The fraction of sp³-hybridized carbons (Fsp3) is 0.762. The van der Waals surface area contributed by atoms with Gasteiger partial charge >= 0.3 is 11.9 Å². The van der Waals surface area contributed by atoms with E-state index in [1.165, 1.54) is 0 Å². The van der Waals surface area contributed by atoms with E-state index in [4.69, 9.17) is 14.6 Å². The maximum atomic E-state index is 12.0. The quantitative estimate of drug-likeness (QED) is 0.237. The number of carboxylic acids is 2. The van der Waals surface area contributed by atoms with Gasteiger partial charge in [-0.1, -0.05) is 6.92 Å². The van der Waals surface area contributed by atoms with Crippen molar-refractivity contribution in [3.63, 3.8) is 0 Å². The molecule has 2 unspecified atom stereocenters. The van der Waals surface area contributed by atoms with Crippen LogP contribution in [-0.2, 0) is 33.4 Å². The molecule has 0 fully saturated rings. The van der Waals surface area contributed by atoms with E-state index in [0.717, 1.165) is 0 Å². The number of rotatable bonds is 20. The molecule has 10 heteroatoms. The average Bonchev–Trinajstić information content (AvgIpc) is 2.72. The summed E-state index contributed by atoms with van der Waals surface area (Å²) in [5, 5.41) is 20.8. The third-order valence-electron chi connectivity index (χ3n) is 4.60. The number of nitrogens with one attached hydrogen (secondary N) is 1. The summed E-state index contributed by atoms with van der Waals surface area (Å²) in [6, 6.07) is -1.24. The Bertz CT molecular complexity index is 591. The summed E-state index contributed by atoms with van der Waals surface area (Å²) in [6.45, 7) is 5.47. The third-order valence-corrected chi connectivity index (χ3v) is 4.60. The van der Waals surface area contributed by atoms with Gasteiger partial charge in [-0.3, -0.25) is 19.2 Å². The van der Waals surface area contributed by atoms with Gasteiger partial charge < -0.3 is 25.0 Å². The molecule has 0 rings (SSSR count). The Hall–Kier alpha value is -2.33. The monoisotopic (exact) mass is 445 g/mol. The number of carboxylic acid groups (broad SMARTS) is 2. The number of carbonyl (C=O) groups is 5. The van der Waals surface area contributed by atoms with Crippen LogP contribution in [-0.4, -0.2) is 72.1 Å². The van der Waals surface area contributed by atoms with Crippen molar-refractivity contribution in [3.05, 3.63) is 0 Å². The number of hydrogen-bond acceptors (Lipinski definition) is 7. The molecule has 0 heterocycles. The zero-order valence-electron chi connectivity index (χ0n) is 18.4. The molecule has 31 heavy (non-hydrogen) atoms. The van der Waals surface area contributed by atoms with Gasteiger partial charge in [0.05, 0.1) is 19.1 Å². The predicted molar refractivity (Wildman–Crippen MR) is 111 cm³/mol. The molecule has 0 aliphatic carbocycles. The maximum Gasteiger partial charge on any atom is 0.326 e. The van der Waals surface area contributed by atoms with Gasteiger partial charge in [-0.2, -0.15) is 0 Å². The largest absolute Gasteiger partial charge is 0.481 e. The Morgan fingerprint density at radius 2 is 1.48 bits per heavy atom. The highest BCUT2D eigenvalue weighted by molar-refractivity contribution is 5.86. The molecule has 10 nitrogen and oxygen atoms in total. The number of hydrogen-bond donors (Lipinski definition) is 3. The molecule has 2 atom stereocenters. The van der Waals surface area contributed by atoms with Crippen LogP contribution in [0.15, 0.2) is 0 Å². The molecular formula is C21H35NO9. The zero-order chi connectivity index (χ0) is 23.6. The van der Waals surface area contributed by atoms with Gasteiger partial charge in [-0.05, 0) is 26.2 Å². The van der Waals surface area contributed by atoms with E-state index < -0.39 is 29.8 Å². The smallest absolute Gasteiger partial charge is 0.326 e. The molecule has 0 bridgehead atoms. The van der Waals surface area contributed by atoms with Gasteiger partial charge in [0.25, 0.3) is 0 Å². The van der Waals surface area contributed by atoms with E-state index in [1.54, 1.807) is 6.92 Å². The fourth-order valence-electron chi connectivity index (χ4n) is 2.73. The van der Waals surface area contributed by atoms with Crippen molar-refractivity contribution in [1.82, 2.24) is 5.32 Å². The lowest BCUT2D eigenvalue weighted by molar-refractivity contribution is -0.145. The van der Waals surface area contributed by atoms with E-state index in [1.807, 2.05) is 6.92 Å². The zero-order valence-corrected chi connectivity index (χ0v) is 18.4. The van der Waals surface area contributed by atoms with Crippen molar-refractivity contribution < 1.29 is 43.7 Å². The van der Waals surface area contributed by atoms with Crippen molar-refractivity contribution in [1.29, 1.82) is 0 Å². The molecule has 178 valence electrons. The van der Waals surface area contributed by atoms with Crippen LogP contribution < -0.4 is 5.32 Å². The standard InChI is InChI=1S/C21H35NO9/c1-3-16(23)14-15(20(26)27)7-10-19(25)22-18(21(28)29)9-8-17(24)6-5-11-31-13-12-30-4-2/h15,18H,3-14H2,1-2H3,(H,22,25)(H,26,27)(H,28,29). The number of carbonyl (C=O) groups excluding carboxylic acids is 3. The highest BCUT2D eigenvalue weighted by Gasteiger charge is 2.24. The number of ketones is 2. The molecule has 0 aliphatic rings. The van der Waals surface area contributed by atoms with Crippen LogP contribution >= 0.6 is 0 Å². The van der Waals surface area contributed by atoms with Crippen LogP contribution in [0.4, 0.5) is 0 Å². The predicted octanol–water partition coefficient (Wildman–Crippen LogP) is 1.59. The van der Waals surface area contributed by atoms with E-state index in [9.17, 15) is 29.1 Å². The lowest BCUT2D eigenvalue weighted by atomic mass is 9.96. The van der Waals surface area contributed by atoms with Gasteiger partial charge in [0.1, 0.15) is 17.6 Å². The Morgan fingerprint density at radius 1 is 0.806 bits per heavy atom. The number of ether oxygens (including phenoxy) is 2. The van der Waals surface area contributed by atoms with E-state index in [2.05, 4.69) is 5.32 Å². The van der Waals surface area contributed by atoms with Crippen molar-refractivity contribution >= 4 is 29.4 Å². The lowest BCUT2D eigenvalue weighted by Crippen LogP contribution is -2.41. The molecule has 0 spiro atoms. The minimum atomic E-state index is -1.27. The summed E-state index contributed by atoms with van der Waals surface area (Å²) in [7, 11) is 0. The summed E-state index contributed by atoms with van der Waals surface area (Å²) < 4.78 is 10.4. The topological polar surface area (TPSA) is 156 Å². The fourth-order valence-corrected chi connectivity index (χ4v) is 2.73. The first kappa shape index (κ1) is 28.7. The second kappa shape index (κ2) is 17.4. The number of amides is 1. The van der Waals surface area contributed by atoms with Gasteiger partial charge in [-0.15, -0.1) is 0 Å². The van der Waals surface area contributed by atoms with Crippen molar-refractivity contribution in [2.45, 2.75) is 71.3 Å². The molecule has 0 aromatic rings. The average molecular weight is 446 g/mol. The second-order valence-electron chi connectivity index (χ2n) is 7.12. The summed E-state index contributed by atoms with van der Waals surface area (Å²) in [4.78, 5) is 58.0. The van der Waals surface area contributed by atoms with Crippen LogP contribution in [0.2, 0.25) is 0 Å². The maximum absolute atomic E-state index is 12.0. The van der Waals surface area contributed by atoms with Crippen LogP contribution in [0.25, 0.3) is 0 Å². The van der Waals surface area contributed by atoms with Crippen LogP contribution in [0.5, 0.6) is 0 Å². The van der Waals surface area contributed by atoms with Crippen molar-refractivity contribution in [3.8, 4) is 0 Å². The first-order chi connectivity index (χ1) is 14.7. The first-order valence-corrected chi connectivity index (χ1v) is 10.6. The van der Waals surface area contributed by atoms with E-state index in [0.29, 0.717) is 32.8 Å². The lowest BCUT2D eigenvalue weighted by Gasteiger charge is -2.15. The summed E-state index contributed by atoms with van der Waals surface area (Å²) in [6.07, 6.45) is 0.478. The highest BCUT2D eigenvalue weighted by atomic mass is 16.5. The number of Topliss-reactive ketones (excluding diaryl/α,β-unsaturated/α-hetero) is 2. The Balaban J connectivity index is 4.28. The van der Waals surface area contributed by atoms with Crippen LogP contribution in [0.3, 0.4) is 0 Å². The number of aliphatic carboxylic acids is 2. The minimum Gasteiger partial charge on any atom is -0.481 e. The van der Waals surface area contributed by atoms with E-state index in [-0.39, 0.29) is 56.5 Å². The Kier molecular flexibility index (Phi) is 16.1. The molecular weight excluding hydrogens is 410 g/mol. The molecule has 0 saturated carbocycles. The van der Waals surface area contributed by atoms with Crippen LogP contribution in [0.1, 0.15) is 65.2 Å². The molecule has 0 aromatic carbocycles. The highest BCUT2D eigenvalue weighted by Crippen LogP contribution is 2.14. The van der Waals surface area contributed by atoms with Crippen molar-refractivity contribution in [2.75, 3.05) is 26.4 Å². The van der Waals surface area contributed by atoms with Gasteiger partial charge in [0, 0.05) is 45.3 Å². The van der Waals surface area contributed by atoms with E-state index >= 15 is 0 Å². The van der Waals surface area contributed by atoms with Crippen LogP contribution in [0, 0.1) is 5.92 Å². The SMILES string of the molecule is CCOCCOCCCC(=O)CCC(NC(=O)CCC(CC(=O)CC)C(=O)O)C(=O)O. The summed E-state index contributed by atoms with van der Waals surface area (Å²) in [5.41, 5.74) is 0. The van der Waals surface area contributed by atoms with Crippen molar-refractivity contribution in [2.24, 2.45) is 5.92 Å². The normalized spacial score (nSPS) is 12.7. The molecule has 0 radical (unpaired) electrons. The van der Waals surface area contributed by atoms with Gasteiger partial charge in [-0.25, -0.2) is 4.79 Å². The minimum absolute atomic E-state index is 0.00105. The van der Waals surface area contributed by atoms with Gasteiger partial charge in [0.2, 0.25) is 5.91 Å². The van der Waals surface area contributed by atoms with Gasteiger partial charge in [0.15, 0.2) is 0 Å². The molecule has 1 amide bonds. The Labute approximate surface area is 182 Å². The molecule has 3 N–H and O–H groups in total. The second-order valence-corrected chi connectivity index (χ2v) is 7.12. The summed E-state index contributed by atoms with van der Waals surface area (Å²) >= 11 is 0. The molecule has 0 aromatic heterocycles. The molecule has 0 saturated heterocycles. The summed E-state index contributed by atoms with van der Waals surface area (Å²) in [5.74, 6) is -4.39. The third kappa shape index (κ3) is 15.2. The molecule has 0 aliphatic heterocycles. The Morgan fingerprint density at radius 3 is 2.06 bits per heavy atom.